The molecule has 6 heteroatoms. The Balaban J connectivity index is 1.86. The van der Waals surface area contributed by atoms with Gasteiger partial charge in [-0.05, 0) is 18.1 Å². The number of amides is 2. The fourth-order valence-electron chi connectivity index (χ4n) is 2.40. The van der Waals surface area contributed by atoms with E-state index in [2.05, 4.69) is 5.32 Å². The van der Waals surface area contributed by atoms with Crippen LogP contribution < -0.4 is 5.32 Å². The molecule has 5 nitrogen and oxygen atoms in total. The van der Waals surface area contributed by atoms with Crippen LogP contribution in [0.5, 0.6) is 0 Å². The maximum Gasteiger partial charge on any atom is 0.236 e. The Bertz CT molecular complexity index is 516. The number of thioether (sulfide) groups is 1. The number of anilines is 1. The Morgan fingerprint density at radius 3 is 2.48 bits per heavy atom. The maximum atomic E-state index is 12.6. The standard InChI is InChI=1S/C17H24N2O3S/c1-13(2)16(17(21)19-8-10-22-11-9-19)23-12-15(20)18-14-6-4-3-5-7-14/h3-7,13,16H,8-12H2,1-2H3,(H,18,20)/t16-/m1/s1. The van der Waals surface area contributed by atoms with Gasteiger partial charge in [0.05, 0.1) is 24.2 Å². The van der Waals surface area contributed by atoms with Crippen molar-refractivity contribution in [3.05, 3.63) is 30.3 Å². The van der Waals surface area contributed by atoms with E-state index in [0.717, 1.165) is 5.69 Å². The van der Waals surface area contributed by atoms with E-state index < -0.39 is 0 Å². The van der Waals surface area contributed by atoms with E-state index in [-0.39, 0.29) is 28.7 Å². The second-order valence-corrected chi connectivity index (χ2v) is 6.96. The molecule has 0 unspecified atom stereocenters. The van der Waals surface area contributed by atoms with Gasteiger partial charge in [-0.15, -0.1) is 11.8 Å². The zero-order valence-electron chi connectivity index (χ0n) is 13.7. The lowest BCUT2D eigenvalue weighted by Crippen LogP contribution is -2.46. The number of para-hydroxylation sites is 1. The first-order valence-electron chi connectivity index (χ1n) is 7.91. The molecule has 1 heterocycles. The Hall–Kier alpha value is -1.53. The van der Waals surface area contributed by atoms with Crippen molar-refractivity contribution in [1.29, 1.82) is 0 Å². The van der Waals surface area contributed by atoms with Crippen molar-refractivity contribution in [2.75, 3.05) is 37.4 Å². The lowest BCUT2D eigenvalue weighted by atomic mass is 10.1. The van der Waals surface area contributed by atoms with Crippen molar-refractivity contribution < 1.29 is 14.3 Å². The third-order valence-electron chi connectivity index (χ3n) is 3.62. The summed E-state index contributed by atoms with van der Waals surface area (Å²) in [6.07, 6.45) is 0. The van der Waals surface area contributed by atoms with E-state index in [9.17, 15) is 9.59 Å². The number of carbonyl (C=O) groups excluding carboxylic acids is 2. The summed E-state index contributed by atoms with van der Waals surface area (Å²) in [6.45, 7) is 6.50. The quantitative estimate of drug-likeness (QED) is 0.865. The average Bonchev–Trinajstić information content (AvgIpc) is 2.56. The van der Waals surface area contributed by atoms with E-state index in [1.165, 1.54) is 11.8 Å². The zero-order valence-corrected chi connectivity index (χ0v) is 14.5. The van der Waals surface area contributed by atoms with Crippen LogP contribution in [0, 0.1) is 5.92 Å². The molecule has 1 N–H and O–H groups in total. The molecule has 0 bridgehead atoms. The summed E-state index contributed by atoms with van der Waals surface area (Å²) in [4.78, 5) is 26.5. The first-order valence-corrected chi connectivity index (χ1v) is 8.96. The van der Waals surface area contributed by atoms with Crippen molar-refractivity contribution >= 4 is 29.3 Å². The second kappa shape index (κ2) is 8.93. The number of nitrogens with zero attached hydrogens (tertiary/aromatic N) is 1. The van der Waals surface area contributed by atoms with Crippen molar-refractivity contribution in [3.63, 3.8) is 0 Å². The number of rotatable bonds is 6. The first-order chi connectivity index (χ1) is 11.1. The van der Waals surface area contributed by atoms with Gasteiger partial charge in [0.2, 0.25) is 11.8 Å². The van der Waals surface area contributed by atoms with E-state index in [4.69, 9.17) is 4.74 Å². The number of benzene rings is 1. The minimum atomic E-state index is -0.199. The molecule has 1 saturated heterocycles. The van der Waals surface area contributed by atoms with Crippen molar-refractivity contribution in [2.45, 2.75) is 19.1 Å². The lowest BCUT2D eigenvalue weighted by molar-refractivity contribution is -0.135. The van der Waals surface area contributed by atoms with Crippen molar-refractivity contribution in [1.82, 2.24) is 4.90 Å². The van der Waals surface area contributed by atoms with Crippen LogP contribution in [0.3, 0.4) is 0 Å². The summed E-state index contributed by atoms with van der Waals surface area (Å²) in [5.41, 5.74) is 0.777. The first kappa shape index (κ1) is 17.8. The molecule has 0 spiro atoms. The molecule has 2 rings (SSSR count). The van der Waals surface area contributed by atoms with Gasteiger partial charge in [-0.1, -0.05) is 32.0 Å². The van der Waals surface area contributed by atoms with Crippen LogP contribution in [-0.2, 0) is 14.3 Å². The summed E-state index contributed by atoms with van der Waals surface area (Å²) in [5.74, 6) is 0.482. The Morgan fingerprint density at radius 2 is 1.87 bits per heavy atom. The van der Waals surface area contributed by atoms with Crippen LogP contribution in [0.1, 0.15) is 13.8 Å². The number of morpholine rings is 1. The molecule has 0 aromatic heterocycles. The molecule has 1 aliphatic heterocycles. The minimum Gasteiger partial charge on any atom is -0.378 e. The van der Waals surface area contributed by atoms with Crippen LogP contribution in [-0.4, -0.2) is 54.0 Å². The number of carbonyl (C=O) groups is 2. The van der Waals surface area contributed by atoms with Crippen molar-refractivity contribution in [3.8, 4) is 0 Å². The Morgan fingerprint density at radius 1 is 1.22 bits per heavy atom. The monoisotopic (exact) mass is 336 g/mol. The summed E-state index contributed by atoms with van der Waals surface area (Å²) < 4.78 is 5.29. The van der Waals surface area contributed by atoms with Gasteiger partial charge in [0, 0.05) is 18.8 Å². The molecule has 1 atom stereocenters. The molecule has 1 aromatic carbocycles. The van der Waals surface area contributed by atoms with E-state index >= 15 is 0 Å². The van der Waals surface area contributed by atoms with Gasteiger partial charge >= 0.3 is 0 Å². The average molecular weight is 336 g/mol. The van der Waals surface area contributed by atoms with Crippen LogP contribution in [0.4, 0.5) is 5.69 Å². The second-order valence-electron chi connectivity index (χ2n) is 5.83. The van der Waals surface area contributed by atoms with Crippen LogP contribution in [0.2, 0.25) is 0 Å². The topological polar surface area (TPSA) is 58.6 Å². The van der Waals surface area contributed by atoms with Gasteiger partial charge in [-0.25, -0.2) is 0 Å². The molecular formula is C17H24N2O3S. The fourth-order valence-corrected chi connectivity index (χ4v) is 3.48. The highest BCUT2D eigenvalue weighted by Crippen LogP contribution is 2.23. The molecule has 126 valence electrons. The van der Waals surface area contributed by atoms with Gasteiger partial charge in [-0.3, -0.25) is 9.59 Å². The van der Waals surface area contributed by atoms with Gasteiger partial charge in [-0.2, -0.15) is 0 Å². The Kier molecular flexibility index (Phi) is 6.92. The predicted molar refractivity (Wildman–Crippen MR) is 93.6 cm³/mol. The van der Waals surface area contributed by atoms with Crippen molar-refractivity contribution in [2.24, 2.45) is 5.92 Å². The molecule has 0 radical (unpaired) electrons. The summed E-state index contributed by atoms with van der Waals surface area (Å²) in [5, 5.41) is 2.65. The number of nitrogens with one attached hydrogen (secondary N) is 1. The summed E-state index contributed by atoms with van der Waals surface area (Å²) >= 11 is 1.41. The number of ether oxygens (including phenoxy) is 1. The van der Waals surface area contributed by atoms with Gasteiger partial charge < -0.3 is 15.0 Å². The third-order valence-corrected chi connectivity index (χ3v) is 5.16. The zero-order chi connectivity index (χ0) is 16.7. The molecular weight excluding hydrogens is 312 g/mol. The van der Waals surface area contributed by atoms with Gasteiger partial charge in [0.1, 0.15) is 0 Å². The minimum absolute atomic E-state index is 0.0818. The highest BCUT2D eigenvalue weighted by Gasteiger charge is 2.29. The molecule has 1 aromatic rings. The SMILES string of the molecule is CC(C)[C@@H](SCC(=O)Nc1ccccc1)C(=O)N1CCOCC1. The molecule has 2 amide bonds. The summed E-state index contributed by atoms with van der Waals surface area (Å²) in [6, 6.07) is 9.35. The molecule has 0 saturated carbocycles. The Labute approximate surface area is 141 Å². The van der Waals surface area contributed by atoms with E-state index in [1.54, 1.807) is 0 Å². The molecule has 1 aliphatic rings. The molecule has 0 aliphatic carbocycles. The number of hydrogen-bond acceptors (Lipinski definition) is 4. The lowest BCUT2D eigenvalue weighted by Gasteiger charge is -2.31. The molecule has 1 fully saturated rings. The van der Waals surface area contributed by atoms with Crippen LogP contribution in [0.15, 0.2) is 30.3 Å². The molecule has 23 heavy (non-hydrogen) atoms. The fraction of sp³-hybridized carbons (Fsp3) is 0.529. The van der Waals surface area contributed by atoms with E-state index in [1.807, 2.05) is 49.1 Å². The highest BCUT2D eigenvalue weighted by molar-refractivity contribution is 8.01. The third kappa shape index (κ3) is 5.55. The maximum absolute atomic E-state index is 12.6. The number of hydrogen-bond donors (Lipinski definition) is 1. The predicted octanol–water partition coefficient (Wildman–Crippen LogP) is 2.24. The smallest absolute Gasteiger partial charge is 0.236 e. The van der Waals surface area contributed by atoms with Crippen LogP contribution in [0.25, 0.3) is 0 Å². The normalized spacial score (nSPS) is 16.2. The van der Waals surface area contributed by atoms with Gasteiger partial charge in [0.15, 0.2) is 0 Å². The van der Waals surface area contributed by atoms with Gasteiger partial charge in [0.25, 0.3) is 0 Å². The summed E-state index contributed by atoms with van der Waals surface area (Å²) in [7, 11) is 0. The van der Waals surface area contributed by atoms with E-state index in [0.29, 0.717) is 26.3 Å². The van der Waals surface area contributed by atoms with Crippen LogP contribution >= 0.6 is 11.8 Å². The highest BCUT2D eigenvalue weighted by atomic mass is 32.2. The largest absolute Gasteiger partial charge is 0.378 e.